The average molecular weight is 497 g/mol. The van der Waals surface area contributed by atoms with Crippen LogP contribution in [-0.2, 0) is 14.8 Å². The van der Waals surface area contributed by atoms with Gasteiger partial charge in [0.05, 0.1) is 23.8 Å². The minimum absolute atomic E-state index is 0.0478. The number of ether oxygens (including phenoxy) is 1. The summed E-state index contributed by atoms with van der Waals surface area (Å²) in [7, 11) is -3.73. The Morgan fingerprint density at radius 3 is 2.65 bits per heavy atom. The van der Waals surface area contributed by atoms with Crippen LogP contribution in [0.15, 0.2) is 58.9 Å². The summed E-state index contributed by atoms with van der Waals surface area (Å²) in [4.78, 5) is 20.3. The summed E-state index contributed by atoms with van der Waals surface area (Å²) in [6.07, 6.45) is 1.82. The van der Waals surface area contributed by atoms with Crippen molar-refractivity contribution in [1.29, 1.82) is 0 Å². The van der Waals surface area contributed by atoms with Gasteiger partial charge in [-0.1, -0.05) is 18.2 Å². The first-order valence-corrected chi connectivity index (χ1v) is 13.2. The largest absolute Gasteiger partial charge is 0.378 e. The van der Waals surface area contributed by atoms with Crippen molar-refractivity contribution in [1.82, 2.24) is 14.3 Å². The van der Waals surface area contributed by atoms with Crippen molar-refractivity contribution in [2.24, 2.45) is 0 Å². The molecule has 2 aromatic heterocycles. The minimum atomic E-state index is -3.73. The van der Waals surface area contributed by atoms with Gasteiger partial charge in [-0.2, -0.15) is 0 Å². The Kier molecular flexibility index (Phi) is 5.88. The summed E-state index contributed by atoms with van der Waals surface area (Å²) in [5.41, 5.74) is 4.37. The third-order valence-electron chi connectivity index (χ3n) is 5.93. The number of anilines is 1. The number of nitrogens with one attached hydrogen (secondary N) is 1. The van der Waals surface area contributed by atoms with E-state index in [0.717, 1.165) is 16.7 Å². The maximum absolute atomic E-state index is 13.0. The Hall–Kier alpha value is -3.21. The summed E-state index contributed by atoms with van der Waals surface area (Å²) in [5.74, 6) is -0.0478. The molecule has 1 aliphatic rings. The second kappa shape index (κ2) is 8.86. The summed E-state index contributed by atoms with van der Waals surface area (Å²) in [6, 6.07) is 12.2. The molecule has 0 spiro atoms. The third-order valence-corrected chi connectivity index (χ3v) is 8.14. The van der Waals surface area contributed by atoms with Crippen LogP contribution in [0.3, 0.4) is 0 Å². The number of morpholine rings is 1. The third kappa shape index (κ3) is 4.31. The molecule has 0 radical (unpaired) electrons. The van der Waals surface area contributed by atoms with Gasteiger partial charge < -0.3 is 9.64 Å². The van der Waals surface area contributed by atoms with Crippen LogP contribution in [0, 0.1) is 13.8 Å². The van der Waals surface area contributed by atoms with Crippen molar-refractivity contribution in [2.45, 2.75) is 18.7 Å². The molecule has 10 heteroatoms. The van der Waals surface area contributed by atoms with Crippen molar-refractivity contribution in [2.75, 3.05) is 31.0 Å². The summed E-state index contributed by atoms with van der Waals surface area (Å²) in [6.45, 7) is 6.05. The average Bonchev–Trinajstić information content (AvgIpc) is 3.42. The van der Waals surface area contributed by atoms with Crippen LogP contribution in [0.5, 0.6) is 0 Å². The maximum atomic E-state index is 13.0. The number of sulfonamides is 1. The molecule has 0 atom stereocenters. The van der Waals surface area contributed by atoms with Crippen LogP contribution in [-0.4, -0.2) is 54.9 Å². The maximum Gasteiger partial charge on any atom is 0.271 e. The summed E-state index contributed by atoms with van der Waals surface area (Å²) < 4.78 is 35.6. The quantitative estimate of drug-likeness (QED) is 0.452. The molecule has 1 aliphatic heterocycles. The number of benzene rings is 2. The highest BCUT2D eigenvalue weighted by atomic mass is 32.2. The van der Waals surface area contributed by atoms with Gasteiger partial charge in [-0.05, 0) is 49.2 Å². The van der Waals surface area contributed by atoms with Crippen molar-refractivity contribution in [3.05, 3.63) is 70.9 Å². The molecule has 1 fully saturated rings. The van der Waals surface area contributed by atoms with Gasteiger partial charge in [0.2, 0.25) is 0 Å². The molecule has 1 saturated heterocycles. The number of hydrogen-bond donors (Lipinski definition) is 1. The van der Waals surface area contributed by atoms with Gasteiger partial charge in [-0.15, -0.1) is 11.3 Å². The number of hydrogen-bond acceptors (Lipinski definition) is 6. The number of carbonyl (C=O) groups is 1. The number of thiazole rings is 1. The second-order valence-electron chi connectivity index (χ2n) is 8.24. The lowest BCUT2D eigenvalue weighted by atomic mass is 10.1. The van der Waals surface area contributed by atoms with E-state index in [-0.39, 0.29) is 10.8 Å². The van der Waals surface area contributed by atoms with Crippen molar-refractivity contribution in [3.63, 3.8) is 0 Å². The van der Waals surface area contributed by atoms with Gasteiger partial charge in [0.1, 0.15) is 5.69 Å². The highest BCUT2D eigenvalue weighted by Gasteiger charge is 2.23. The lowest BCUT2D eigenvalue weighted by Crippen LogP contribution is -2.41. The first kappa shape index (κ1) is 22.6. The molecule has 1 N–H and O–H groups in total. The fourth-order valence-corrected chi connectivity index (χ4v) is 5.82. The Balaban J connectivity index is 1.42. The number of fused-ring (bicyclic) bond motifs is 1. The molecule has 5 rings (SSSR count). The predicted octanol–water partition coefficient (Wildman–Crippen LogP) is 3.95. The van der Waals surface area contributed by atoms with Crippen LogP contribution in [0.25, 0.3) is 16.2 Å². The number of nitrogens with zero attached hydrogens (tertiary/aromatic N) is 3. The van der Waals surface area contributed by atoms with E-state index in [2.05, 4.69) is 9.71 Å². The summed E-state index contributed by atoms with van der Waals surface area (Å²) >= 11 is 1.40. The Morgan fingerprint density at radius 2 is 1.88 bits per heavy atom. The molecule has 0 unspecified atom stereocenters. The van der Waals surface area contributed by atoms with Gasteiger partial charge >= 0.3 is 0 Å². The number of amides is 1. The number of imidazole rings is 1. The Morgan fingerprint density at radius 1 is 1.09 bits per heavy atom. The van der Waals surface area contributed by atoms with Crippen LogP contribution in [0.1, 0.15) is 21.6 Å². The van der Waals surface area contributed by atoms with Crippen molar-refractivity contribution in [3.8, 4) is 11.3 Å². The zero-order chi connectivity index (χ0) is 23.9. The van der Waals surface area contributed by atoms with E-state index >= 15 is 0 Å². The molecule has 3 heterocycles. The van der Waals surface area contributed by atoms with Crippen LogP contribution in [0.2, 0.25) is 0 Å². The van der Waals surface area contributed by atoms with Crippen LogP contribution in [0.4, 0.5) is 5.69 Å². The van der Waals surface area contributed by atoms with E-state index in [9.17, 15) is 13.2 Å². The van der Waals surface area contributed by atoms with E-state index in [0.29, 0.717) is 48.3 Å². The van der Waals surface area contributed by atoms with E-state index in [1.165, 1.54) is 11.3 Å². The van der Waals surface area contributed by atoms with Crippen molar-refractivity contribution >= 4 is 37.9 Å². The Bertz CT molecular complexity index is 1480. The zero-order valence-corrected chi connectivity index (χ0v) is 20.4. The molecule has 1 amide bonds. The molecular weight excluding hydrogens is 472 g/mol. The number of carbonyl (C=O) groups excluding carboxylic acids is 1. The molecular formula is C24H24N4O4S2. The van der Waals surface area contributed by atoms with Crippen LogP contribution >= 0.6 is 11.3 Å². The first-order valence-electron chi connectivity index (χ1n) is 10.9. The molecule has 8 nitrogen and oxygen atoms in total. The molecule has 34 heavy (non-hydrogen) atoms. The monoisotopic (exact) mass is 496 g/mol. The minimum Gasteiger partial charge on any atom is -0.378 e. The number of aryl methyl sites for hydroxylation is 2. The second-order valence-corrected chi connectivity index (χ2v) is 10.8. The summed E-state index contributed by atoms with van der Waals surface area (Å²) in [5, 5.41) is 1.82. The normalized spacial score (nSPS) is 14.5. The van der Waals surface area contributed by atoms with Gasteiger partial charge in [-0.25, -0.2) is 13.4 Å². The van der Waals surface area contributed by atoms with E-state index in [1.807, 2.05) is 31.5 Å². The van der Waals surface area contributed by atoms with Gasteiger partial charge in [0.25, 0.3) is 15.9 Å². The molecule has 0 saturated carbocycles. The van der Waals surface area contributed by atoms with E-state index < -0.39 is 10.0 Å². The standard InChI is InChI=1S/C24H24N4O4S2/c1-16-6-7-20(12-17(16)2)34(30,31)26-19-5-3-4-18(13-19)21-14-28-22(15-33-24(28)25-21)23(29)27-8-10-32-11-9-27/h3-7,12-15,26H,8-11H2,1-2H3. The highest BCUT2D eigenvalue weighted by Crippen LogP contribution is 2.27. The van der Waals surface area contributed by atoms with Gasteiger partial charge in [0, 0.05) is 35.9 Å². The van der Waals surface area contributed by atoms with Crippen LogP contribution < -0.4 is 4.72 Å². The van der Waals surface area contributed by atoms with Gasteiger partial charge in [-0.3, -0.25) is 13.9 Å². The van der Waals surface area contributed by atoms with E-state index in [4.69, 9.17) is 4.74 Å². The molecule has 0 bridgehead atoms. The fraction of sp³-hybridized carbons (Fsp3) is 0.250. The fourth-order valence-electron chi connectivity index (χ4n) is 3.84. The van der Waals surface area contributed by atoms with Gasteiger partial charge in [0.15, 0.2) is 4.96 Å². The molecule has 4 aromatic rings. The SMILES string of the molecule is Cc1ccc(S(=O)(=O)Nc2cccc(-c3cn4c(C(=O)N5CCOCC5)csc4n3)c2)cc1C. The van der Waals surface area contributed by atoms with E-state index in [1.54, 1.807) is 45.7 Å². The lowest BCUT2D eigenvalue weighted by molar-refractivity contribution is 0.0298. The molecule has 2 aromatic carbocycles. The molecule has 176 valence electrons. The first-order chi connectivity index (χ1) is 16.3. The number of rotatable bonds is 5. The predicted molar refractivity (Wildman–Crippen MR) is 132 cm³/mol. The zero-order valence-electron chi connectivity index (χ0n) is 18.8. The highest BCUT2D eigenvalue weighted by molar-refractivity contribution is 7.92. The smallest absolute Gasteiger partial charge is 0.271 e. The Labute approximate surface area is 201 Å². The van der Waals surface area contributed by atoms with Crippen molar-refractivity contribution < 1.29 is 17.9 Å². The molecule has 0 aliphatic carbocycles. The lowest BCUT2D eigenvalue weighted by Gasteiger charge is -2.26. The topological polar surface area (TPSA) is 93.0 Å². The number of aromatic nitrogens is 2.